The molecule has 5 heteroatoms. The first-order valence-electron chi connectivity index (χ1n) is 8.02. The third kappa shape index (κ3) is 5.33. The third-order valence-electron chi connectivity index (χ3n) is 3.86. The van der Waals surface area contributed by atoms with Gasteiger partial charge in [0.2, 0.25) is 5.95 Å². The van der Waals surface area contributed by atoms with Crippen molar-refractivity contribution in [2.45, 2.75) is 58.4 Å². The first kappa shape index (κ1) is 15.7. The Morgan fingerprint density at radius 3 is 2.52 bits per heavy atom. The van der Waals surface area contributed by atoms with Crippen molar-refractivity contribution in [3.05, 3.63) is 18.0 Å². The van der Waals surface area contributed by atoms with Gasteiger partial charge in [0.05, 0.1) is 5.56 Å². The molecule has 0 unspecified atom stereocenters. The molecular weight excluding hydrogens is 264 g/mol. The van der Waals surface area contributed by atoms with E-state index in [2.05, 4.69) is 34.4 Å². The van der Waals surface area contributed by atoms with Gasteiger partial charge in [0.15, 0.2) is 0 Å². The molecule has 0 atom stereocenters. The van der Waals surface area contributed by atoms with Gasteiger partial charge in [-0.1, -0.05) is 33.1 Å². The molecule has 2 N–H and O–H groups in total. The summed E-state index contributed by atoms with van der Waals surface area (Å²) in [7, 11) is 0. The van der Waals surface area contributed by atoms with Gasteiger partial charge in [0, 0.05) is 25.0 Å². The lowest BCUT2D eigenvalue weighted by atomic mass is 9.96. The SMILES string of the molecule is CC(C)CCNC(=O)c1cnc(NC2CCCCC2)nc1. The van der Waals surface area contributed by atoms with Crippen LogP contribution in [0.25, 0.3) is 0 Å². The number of nitrogens with one attached hydrogen (secondary N) is 2. The summed E-state index contributed by atoms with van der Waals surface area (Å²) in [5.41, 5.74) is 0.521. The van der Waals surface area contributed by atoms with Gasteiger partial charge in [-0.25, -0.2) is 9.97 Å². The molecule has 1 aliphatic carbocycles. The van der Waals surface area contributed by atoms with E-state index in [0.717, 1.165) is 6.42 Å². The van der Waals surface area contributed by atoms with Crippen LogP contribution >= 0.6 is 0 Å². The van der Waals surface area contributed by atoms with Gasteiger partial charge in [-0.3, -0.25) is 4.79 Å². The molecule has 0 aromatic carbocycles. The van der Waals surface area contributed by atoms with Crippen LogP contribution in [0.2, 0.25) is 0 Å². The zero-order valence-electron chi connectivity index (χ0n) is 13.1. The van der Waals surface area contributed by atoms with E-state index in [1.54, 1.807) is 12.4 Å². The van der Waals surface area contributed by atoms with Crippen LogP contribution in [-0.4, -0.2) is 28.5 Å². The van der Waals surface area contributed by atoms with E-state index < -0.39 is 0 Å². The molecule has 0 radical (unpaired) electrons. The fraction of sp³-hybridized carbons (Fsp3) is 0.688. The number of carbonyl (C=O) groups is 1. The highest BCUT2D eigenvalue weighted by atomic mass is 16.1. The van der Waals surface area contributed by atoms with Crippen molar-refractivity contribution in [2.24, 2.45) is 5.92 Å². The Balaban J connectivity index is 1.81. The maximum atomic E-state index is 11.9. The molecule has 1 aromatic rings. The van der Waals surface area contributed by atoms with Crippen LogP contribution < -0.4 is 10.6 Å². The summed E-state index contributed by atoms with van der Waals surface area (Å²) < 4.78 is 0. The molecule has 0 bridgehead atoms. The molecule has 1 saturated carbocycles. The van der Waals surface area contributed by atoms with E-state index in [9.17, 15) is 4.79 Å². The van der Waals surface area contributed by atoms with E-state index >= 15 is 0 Å². The molecule has 1 amide bonds. The number of aromatic nitrogens is 2. The second-order valence-corrected chi connectivity index (χ2v) is 6.21. The molecule has 0 spiro atoms. The van der Waals surface area contributed by atoms with Crippen LogP contribution in [0.15, 0.2) is 12.4 Å². The quantitative estimate of drug-likeness (QED) is 0.845. The number of hydrogen-bond donors (Lipinski definition) is 2. The minimum absolute atomic E-state index is 0.0973. The number of hydrogen-bond acceptors (Lipinski definition) is 4. The number of amides is 1. The Bertz CT molecular complexity index is 438. The average molecular weight is 290 g/mol. The average Bonchev–Trinajstić information content (AvgIpc) is 2.48. The maximum Gasteiger partial charge on any atom is 0.254 e. The van der Waals surface area contributed by atoms with Gasteiger partial charge >= 0.3 is 0 Å². The fourth-order valence-electron chi connectivity index (χ4n) is 2.53. The number of nitrogens with zero attached hydrogens (tertiary/aromatic N) is 2. The van der Waals surface area contributed by atoms with E-state index in [0.29, 0.717) is 30.0 Å². The van der Waals surface area contributed by atoms with Gasteiger partial charge in [0.25, 0.3) is 5.91 Å². The van der Waals surface area contributed by atoms with E-state index in [1.807, 2.05) is 0 Å². The van der Waals surface area contributed by atoms with Gasteiger partial charge in [-0.05, 0) is 25.2 Å². The van der Waals surface area contributed by atoms with Crippen LogP contribution in [0, 0.1) is 5.92 Å². The number of anilines is 1. The Kier molecular flexibility index (Phi) is 5.96. The molecule has 0 aliphatic heterocycles. The molecule has 21 heavy (non-hydrogen) atoms. The Hall–Kier alpha value is -1.65. The summed E-state index contributed by atoms with van der Waals surface area (Å²) in [5, 5.41) is 6.24. The zero-order chi connectivity index (χ0) is 15.1. The highest BCUT2D eigenvalue weighted by Gasteiger charge is 2.14. The Morgan fingerprint density at radius 2 is 1.90 bits per heavy atom. The number of carbonyl (C=O) groups excluding carboxylic acids is 1. The van der Waals surface area contributed by atoms with Crippen molar-refractivity contribution >= 4 is 11.9 Å². The molecule has 1 aliphatic rings. The highest BCUT2D eigenvalue weighted by Crippen LogP contribution is 2.19. The molecule has 1 heterocycles. The highest BCUT2D eigenvalue weighted by molar-refractivity contribution is 5.93. The first-order valence-corrected chi connectivity index (χ1v) is 8.02. The van der Waals surface area contributed by atoms with Gasteiger partial charge in [-0.2, -0.15) is 0 Å². The monoisotopic (exact) mass is 290 g/mol. The van der Waals surface area contributed by atoms with Crippen molar-refractivity contribution in [2.75, 3.05) is 11.9 Å². The second-order valence-electron chi connectivity index (χ2n) is 6.21. The fourth-order valence-corrected chi connectivity index (χ4v) is 2.53. The van der Waals surface area contributed by atoms with Gasteiger partial charge < -0.3 is 10.6 Å². The molecular formula is C16H26N4O. The lowest BCUT2D eigenvalue weighted by Crippen LogP contribution is -2.26. The van der Waals surface area contributed by atoms with Crippen LogP contribution in [0.5, 0.6) is 0 Å². The predicted octanol–water partition coefficient (Wildman–Crippen LogP) is 3.00. The van der Waals surface area contributed by atoms with Crippen LogP contribution in [0.1, 0.15) is 62.7 Å². The van der Waals surface area contributed by atoms with Crippen LogP contribution in [0.4, 0.5) is 5.95 Å². The largest absolute Gasteiger partial charge is 0.352 e. The van der Waals surface area contributed by atoms with Gasteiger partial charge in [-0.15, -0.1) is 0 Å². The summed E-state index contributed by atoms with van der Waals surface area (Å²) in [6.07, 6.45) is 10.4. The van der Waals surface area contributed by atoms with Crippen LogP contribution in [0.3, 0.4) is 0 Å². The topological polar surface area (TPSA) is 66.9 Å². The minimum atomic E-state index is -0.0973. The first-order chi connectivity index (χ1) is 10.1. The smallest absolute Gasteiger partial charge is 0.254 e. The van der Waals surface area contributed by atoms with Crippen molar-refractivity contribution in [1.29, 1.82) is 0 Å². The molecule has 1 aromatic heterocycles. The third-order valence-corrected chi connectivity index (χ3v) is 3.86. The van der Waals surface area contributed by atoms with Crippen molar-refractivity contribution < 1.29 is 4.79 Å². The number of rotatable bonds is 6. The van der Waals surface area contributed by atoms with Crippen molar-refractivity contribution in [3.63, 3.8) is 0 Å². The maximum absolute atomic E-state index is 11.9. The molecule has 116 valence electrons. The van der Waals surface area contributed by atoms with Crippen molar-refractivity contribution in [3.8, 4) is 0 Å². The molecule has 0 saturated heterocycles. The standard InChI is InChI=1S/C16H26N4O/c1-12(2)8-9-17-15(21)13-10-18-16(19-11-13)20-14-6-4-3-5-7-14/h10-12,14H,3-9H2,1-2H3,(H,17,21)(H,18,19,20). The predicted molar refractivity (Wildman–Crippen MR) is 84.3 cm³/mol. The van der Waals surface area contributed by atoms with Crippen molar-refractivity contribution in [1.82, 2.24) is 15.3 Å². The Labute approximate surface area is 127 Å². The Morgan fingerprint density at radius 1 is 1.24 bits per heavy atom. The molecule has 5 nitrogen and oxygen atoms in total. The second kappa shape index (κ2) is 7.96. The summed E-state index contributed by atoms with van der Waals surface area (Å²) in [4.78, 5) is 20.4. The summed E-state index contributed by atoms with van der Waals surface area (Å²) in [6.45, 7) is 4.97. The summed E-state index contributed by atoms with van der Waals surface area (Å²) in [5.74, 6) is 1.11. The lowest BCUT2D eigenvalue weighted by Gasteiger charge is -2.22. The zero-order valence-corrected chi connectivity index (χ0v) is 13.1. The van der Waals surface area contributed by atoms with Crippen LogP contribution in [-0.2, 0) is 0 Å². The van der Waals surface area contributed by atoms with E-state index in [1.165, 1.54) is 32.1 Å². The lowest BCUT2D eigenvalue weighted by molar-refractivity contribution is 0.0951. The van der Waals surface area contributed by atoms with E-state index in [4.69, 9.17) is 0 Å². The van der Waals surface area contributed by atoms with E-state index in [-0.39, 0.29) is 5.91 Å². The minimum Gasteiger partial charge on any atom is -0.352 e. The normalized spacial score (nSPS) is 16.0. The molecule has 1 fully saturated rings. The molecule has 2 rings (SSSR count). The summed E-state index contributed by atoms with van der Waals surface area (Å²) >= 11 is 0. The van der Waals surface area contributed by atoms with Gasteiger partial charge in [0.1, 0.15) is 0 Å². The summed E-state index contributed by atoms with van der Waals surface area (Å²) in [6, 6.07) is 0.476.